The normalized spacial score (nSPS) is 20.4. The highest BCUT2D eigenvalue weighted by atomic mass is 19.3. The first kappa shape index (κ1) is 23.7. The van der Waals surface area contributed by atoms with Gasteiger partial charge in [-0.15, -0.1) is 0 Å². The molecule has 194 valence electrons. The van der Waals surface area contributed by atoms with Crippen molar-refractivity contribution in [1.29, 1.82) is 0 Å². The van der Waals surface area contributed by atoms with Crippen molar-refractivity contribution in [2.24, 2.45) is 0 Å². The van der Waals surface area contributed by atoms with Crippen molar-refractivity contribution < 1.29 is 37.3 Å². The summed E-state index contributed by atoms with van der Waals surface area (Å²) in [5, 5.41) is 13.5. The van der Waals surface area contributed by atoms with E-state index in [0.29, 0.717) is 39.4 Å². The van der Waals surface area contributed by atoms with Gasteiger partial charge in [-0.25, -0.2) is 19.5 Å². The second kappa shape index (κ2) is 7.93. The van der Waals surface area contributed by atoms with Crippen LogP contribution in [0.15, 0.2) is 23.0 Å². The lowest BCUT2D eigenvalue weighted by Crippen LogP contribution is -2.44. The van der Waals surface area contributed by atoms with Crippen molar-refractivity contribution in [2.45, 2.75) is 51.1 Å². The highest BCUT2D eigenvalue weighted by molar-refractivity contribution is 5.98. The number of hydrogen-bond acceptors (Lipinski definition) is 8. The van der Waals surface area contributed by atoms with Crippen LogP contribution in [-0.2, 0) is 28.3 Å². The third-order valence-electron chi connectivity index (χ3n) is 7.26. The molecule has 3 aliphatic rings. The van der Waals surface area contributed by atoms with Gasteiger partial charge >= 0.3 is 12.0 Å². The van der Waals surface area contributed by atoms with Gasteiger partial charge in [-0.2, -0.15) is 8.78 Å². The van der Waals surface area contributed by atoms with Crippen LogP contribution in [0.2, 0.25) is 0 Å². The summed E-state index contributed by atoms with van der Waals surface area (Å²) in [6.07, 6.45) is -0.00902. The van der Waals surface area contributed by atoms with Crippen molar-refractivity contribution >= 4 is 16.9 Å². The van der Waals surface area contributed by atoms with Crippen LogP contribution in [0.5, 0.6) is 11.5 Å². The number of cyclic esters (lactones) is 1. The third-order valence-corrected chi connectivity index (χ3v) is 7.26. The van der Waals surface area contributed by atoms with Crippen LogP contribution in [0.25, 0.3) is 22.3 Å². The number of nitrogens with zero attached hydrogens (tertiary/aromatic N) is 2. The summed E-state index contributed by atoms with van der Waals surface area (Å²) in [7, 11) is 0. The average molecular weight is 517 g/mol. The molecule has 3 aromatic rings. The first-order valence-electron chi connectivity index (χ1n) is 11.7. The number of alkyl halides is 3. The van der Waals surface area contributed by atoms with Crippen LogP contribution in [0, 0.1) is 0 Å². The second-order valence-corrected chi connectivity index (χ2v) is 9.36. The summed E-state index contributed by atoms with van der Waals surface area (Å²) in [5.74, 6) is -0.0128. The summed E-state index contributed by atoms with van der Waals surface area (Å²) in [6, 6.07) is -0.0154. The quantitative estimate of drug-likeness (QED) is 0.307. The Morgan fingerprint density at radius 3 is 2.76 bits per heavy atom. The molecule has 2 atom stereocenters. The number of aromatic nitrogens is 2. The van der Waals surface area contributed by atoms with E-state index >= 15 is 0 Å². The first-order chi connectivity index (χ1) is 17.6. The maximum atomic E-state index is 13.8. The van der Waals surface area contributed by atoms with E-state index in [9.17, 15) is 27.9 Å². The van der Waals surface area contributed by atoms with Crippen LogP contribution < -0.4 is 20.3 Å². The van der Waals surface area contributed by atoms with Crippen LogP contribution in [-0.4, -0.2) is 40.1 Å². The van der Waals surface area contributed by atoms with Gasteiger partial charge in [0.05, 0.1) is 34.4 Å². The van der Waals surface area contributed by atoms with Crippen molar-refractivity contribution in [2.75, 3.05) is 13.5 Å². The third kappa shape index (κ3) is 3.28. The molecule has 12 heteroatoms. The molecule has 0 bridgehead atoms. The maximum absolute atomic E-state index is 13.8. The number of carbonyl (C=O) groups excluding carboxylic acids is 1. The minimum absolute atomic E-state index is 0.00902. The van der Waals surface area contributed by atoms with Crippen LogP contribution in [0.1, 0.15) is 48.6 Å². The number of pyridine rings is 2. The highest BCUT2D eigenvalue weighted by Crippen LogP contribution is 2.47. The Labute approximate surface area is 207 Å². The number of halogens is 3. The van der Waals surface area contributed by atoms with E-state index in [2.05, 4.69) is 0 Å². The SMILES string of the molecule is CC[C@@]1(O)C(=O)OCc2c1cc1n(c2=O)Cc2c-1nc1c(C(C)NC(F)(F)CF)ccc3c1c2OCO3. The molecule has 0 spiro atoms. The predicted octanol–water partition coefficient (Wildman–Crippen LogP) is 3.02. The molecule has 0 radical (unpaired) electrons. The molecule has 2 N–H and O–H groups in total. The Bertz CT molecular complexity index is 1560. The van der Waals surface area contributed by atoms with Gasteiger partial charge in [0, 0.05) is 17.2 Å². The van der Waals surface area contributed by atoms with E-state index in [1.807, 2.05) is 5.32 Å². The van der Waals surface area contributed by atoms with E-state index in [4.69, 9.17) is 19.2 Å². The van der Waals surface area contributed by atoms with E-state index in [1.165, 1.54) is 11.5 Å². The maximum Gasteiger partial charge on any atom is 0.343 e. The molecule has 0 amide bonds. The summed E-state index contributed by atoms with van der Waals surface area (Å²) in [6.45, 7) is 0.920. The monoisotopic (exact) mass is 517 g/mol. The Kier molecular flexibility index (Phi) is 5.09. The van der Waals surface area contributed by atoms with Gasteiger partial charge in [0.15, 0.2) is 12.3 Å². The Morgan fingerprint density at radius 2 is 2.03 bits per heavy atom. The van der Waals surface area contributed by atoms with Gasteiger partial charge in [0.1, 0.15) is 18.1 Å². The zero-order valence-electron chi connectivity index (χ0n) is 19.9. The van der Waals surface area contributed by atoms with E-state index in [0.717, 1.165) is 0 Å². The van der Waals surface area contributed by atoms with E-state index in [-0.39, 0.29) is 43.0 Å². The zero-order valence-corrected chi connectivity index (χ0v) is 19.9. The summed E-state index contributed by atoms with van der Waals surface area (Å²) >= 11 is 0. The van der Waals surface area contributed by atoms with Crippen molar-refractivity contribution in [3.05, 3.63) is 50.8 Å². The van der Waals surface area contributed by atoms with Crippen LogP contribution in [0.3, 0.4) is 0 Å². The zero-order chi connectivity index (χ0) is 26.3. The molecule has 0 aliphatic carbocycles. The van der Waals surface area contributed by atoms with Gasteiger partial charge in [0.2, 0.25) is 6.79 Å². The van der Waals surface area contributed by atoms with Crippen LogP contribution >= 0.6 is 0 Å². The number of esters is 1. The molecule has 0 saturated carbocycles. The standard InChI is InChI=1S/C25H22F3N3O6/c1-3-24(34)15-6-16-19-13(7-31(16)22(32)14(15)8-35-23(24)33)21-18-17(36-10-37-21)5-4-12(20(18)29-19)11(2)30-25(27,28)9-26/h4-6,11,30,34H,3,7-10H2,1-2H3/t11?,24-/m0/s1. The molecule has 6 rings (SSSR count). The number of fused-ring (bicyclic) bond motifs is 5. The fourth-order valence-electron chi connectivity index (χ4n) is 5.35. The average Bonchev–Trinajstić information content (AvgIpc) is 3.26. The minimum Gasteiger partial charge on any atom is -0.458 e. The summed E-state index contributed by atoms with van der Waals surface area (Å²) in [4.78, 5) is 30.6. The number of benzene rings is 1. The van der Waals surface area contributed by atoms with Crippen molar-refractivity contribution in [3.8, 4) is 22.9 Å². The lowest BCUT2D eigenvalue weighted by molar-refractivity contribution is -0.172. The Hall–Kier alpha value is -3.64. The van der Waals surface area contributed by atoms with Crippen molar-refractivity contribution in [3.63, 3.8) is 0 Å². The largest absolute Gasteiger partial charge is 0.458 e. The molecule has 1 unspecified atom stereocenters. The molecule has 37 heavy (non-hydrogen) atoms. The predicted molar refractivity (Wildman–Crippen MR) is 123 cm³/mol. The van der Waals surface area contributed by atoms with Crippen molar-refractivity contribution in [1.82, 2.24) is 14.9 Å². The van der Waals surface area contributed by atoms with Gasteiger partial charge < -0.3 is 23.9 Å². The minimum atomic E-state index is -3.74. The number of hydrogen-bond donors (Lipinski definition) is 2. The molecule has 1 aromatic carbocycles. The Morgan fingerprint density at radius 1 is 1.24 bits per heavy atom. The molecule has 2 aromatic heterocycles. The summed E-state index contributed by atoms with van der Waals surface area (Å²) in [5.41, 5.74) is -0.194. The van der Waals surface area contributed by atoms with E-state index < -0.39 is 35.9 Å². The second-order valence-electron chi connectivity index (χ2n) is 9.36. The number of rotatable bonds is 5. The topological polar surface area (TPSA) is 112 Å². The molecular weight excluding hydrogens is 495 g/mol. The molecule has 0 saturated heterocycles. The number of aliphatic hydroxyl groups is 1. The highest BCUT2D eigenvalue weighted by Gasteiger charge is 2.46. The number of ether oxygens (including phenoxy) is 3. The fraction of sp³-hybridized carbons (Fsp3) is 0.400. The van der Waals surface area contributed by atoms with E-state index in [1.54, 1.807) is 25.1 Å². The van der Waals surface area contributed by atoms with Crippen LogP contribution in [0.4, 0.5) is 13.2 Å². The first-order valence-corrected chi connectivity index (χ1v) is 11.7. The van der Waals surface area contributed by atoms with Gasteiger partial charge in [-0.3, -0.25) is 4.79 Å². The lowest BCUT2D eigenvalue weighted by atomic mass is 9.86. The summed E-state index contributed by atoms with van der Waals surface area (Å²) < 4.78 is 58.5. The molecule has 3 aliphatic heterocycles. The van der Waals surface area contributed by atoms with Gasteiger partial charge in [0.25, 0.3) is 5.56 Å². The number of nitrogens with one attached hydrogen (secondary N) is 1. The Balaban J connectivity index is 1.61. The fourth-order valence-corrected chi connectivity index (χ4v) is 5.35. The molecule has 0 fully saturated rings. The molecular formula is C25H22F3N3O6. The molecule has 9 nitrogen and oxygen atoms in total. The smallest absolute Gasteiger partial charge is 0.343 e. The number of carbonyl (C=O) groups is 1. The molecule has 5 heterocycles. The van der Waals surface area contributed by atoms with Gasteiger partial charge in [-0.1, -0.05) is 13.0 Å². The lowest BCUT2D eigenvalue weighted by Gasteiger charge is -2.31. The van der Waals surface area contributed by atoms with Gasteiger partial charge in [-0.05, 0) is 31.0 Å².